The Morgan fingerprint density at radius 2 is 0.333 bits per heavy atom. The molecule has 54 heavy (non-hydrogen) atoms. The average molecular weight is 807 g/mol. The molecule has 0 radical (unpaired) electrons. The largest absolute Gasteiger partial charge is 0.481 e. The van der Waals surface area contributed by atoms with Gasteiger partial charge in [-0.3, -0.25) is 47.9 Å². The van der Waals surface area contributed by atoms with Gasteiger partial charge in [-0.25, -0.2) is 0 Å². The van der Waals surface area contributed by atoms with Crippen LogP contribution in [-0.4, -0.2) is 163 Å². The van der Waals surface area contributed by atoms with Crippen molar-refractivity contribution in [1.82, 2.24) is 10.6 Å². The second kappa shape index (κ2) is 86.3. The van der Waals surface area contributed by atoms with Gasteiger partial charge in [0.25, 0.3) is 59.7 Å². The van der Waals surface area contributed by atoms with Crippen LogP contribution in [0.5, 0.6) is 0 Å². The quantitative estimate of drug-likeness (QED) is 0.117. The first-order valence-electron chi connectivity index (χ1n) is 14.3. The lowest BCUT2D eigenvalue weighted by Crippen LogP contribution is -2.27. The molecule has 20 N–H and O–H groups in total. The van der Waals surface area contributed by atoms with E-state index in [1.54, 1.807) is 0 Å². The van der Waals surface area contributed by atoms with Crippen LogP contribution in [0.1, 0.15) is 69.2 Å². The van der Waals surface area contributed by atoms with Gasteiger partial charge in [0, 0.05) is 122 Å². The Labute approximate surface area is 314 Å². The molecule has 0 rings (SSSR count). The van der Waals surface area contributed by atoms with Gasteiger partial charge in [0.05, 0.1) is 0 Å². The Morgan fingerprint density at radius 1 is 0.278 bits per heavy atom. The highest BCUT2D eigenvalue weighted by Crippen LogP contribution is 1.50. The summed E-state index contributed by atoms with van der Waals surface area (Å²) in [4.78, 5) is 90.0. The number of rotatable bonds is 8. The van der Waals surface area contributed by atoms with E-state index in [9.17, 15) is 0 Å². The molecular formula is C28H66N6O20. The molecule has 0 aliphatic rings. The second-order valence-electron chi connectivity index (χ2n) is 7.84. The summed E-state index contributed by atoms with van der Waals surface area (Å²) in [5, 5.41) is 80.2. The van der Waals surface area contributed by atoms with Crippen molar-refractivity contribution >= 4 is 59.7 Å². The van der Waals surface area contributed by atoms with Gasteiger partial charge in [-0.2, -0.15) is 0 Å². The zero-order chi connectivity index (χ0) is 46.8. The Hall–Kier alpha value is -5.54. The Kier molecular flexibility index (Phi) is 131. The molecule has 328 valence electrons. The Bertz CT molecular complexity index is 635. The topological polar surface area (TPSA) is 501 Å². The Balaban J connectivity index is -0.0000000359. The molecule has 26 nitrogen and oxygen atoms in total. The number of nitrogens with one attached hydrogen (secondary N) is 2. The standard InChI is InChI=1S/2C4H13N3.10C2H4O2/c2*5-1-3-7-4-2-6;10*1-2(3)4/h2*7H,1-6H2;10*1H3,(H,3,4). The van der Waals surface area contributed by atoms with Crippen molar-refractivity contribution in [1.29, 1.82) is 0 Å². The minimum absolute atomic E-state index is 0.694. The lowest BCUT2D eigenvalue weighted by Gasteiger charge is -1.95. The molecule has 0 unspecified atom stereocenters. The van der Waals surface area contributed by atoms with E-state index in [4.69, 9.17) is 122 Å². The fourth-order valence-corrected chi connectivity index (χ4v) is 0.658. The zero-order valence-electron chi connectivity index (χ0n) is 32.5. The van der Waals surface area contributed by atoms with E-state index >= 15 is 0 Å². The predicted molar refractivity (Wildman–Crippen MR) is 195 cm³/mol. The molecule has 0 aromatic rings. The fraction of sp³-hybridized carbons (Fsp3) is 0.643. The van der Waals surface area contributed by atoms with Gasteiger partial charge in [0.1, 0.15) is 0 Å². The molecule has 0 saturated carbocycles. The number of hydrogen-bond donors (Lipinski definition) is 16. The maximum atomic E-state index is 9.00. The zero-order valence-corrected chi connectivity index (χ0v) is 32.5. The smallest absolute Gasteiger partial charge is 0.300 e. The molecule has 0 aliphatic heterocycles. The first-order chi connectivity index (χ1) is 24.1. The number of carboxylic acid groups (broad SMARTS) is 10. The van der Waals surface area contributed by atoms with Gasteiger partial charge in [0.2, 0.25) is 0 Å². The van der Waals surface area contributed by atoms with Gasteiger partial charge in [0.15, 0.2) is 0 Å². The highest BCUT2D eigenvalue weighted by atomic mass is 16.4. The van der Waals surface area contributed by atoms with Gasteiger partial charge in [-0.15, -0.1) is 0 Å². The van der Waals surface area contributed by atoms with Gasteiger partial charge >= 0.3 is 0 Å². The number of carboxylic acids is 10. The van der Waals surface area contributed by atoms with Crippen LogP contribution >= 0.6 is 0 Å². The molecule has 0 aromatic heterocycles. The van der Waals surface area contributed by atoms with Crippen molar-refractivity contribution in [3.63, 3.8) is 0 Å². The number of nitrogens with two attached hydrogens (primary N) is 4. The van der Waals surface area contributed by atoms with Gasteiger partial charge in [-0.05, 0) is 0 Å². The monoisotopic (exact) mass is 806 g/mol. The van der Waals surface area contributed by atoms with Crippen LogP contribution < -0.4 is 33.6 Å². The van der Waals surface area contributed by atoms with Gasteiger partial charge < -0.3 is 84.6 Å². The molecule has 0 fully saturated rings. The van der Waals surface area contributed by atoms with Crippen molar-refractivity contribution in [3.05, 3.63) is 0 Å². The van der Waals surface area contributed by atoms with E-state index in [0.29, 0.717) is 26.2 Å². The van der Waals surface area contributed by atoms with Crippen LogP contribution in [0, 0.1) is 0 Å². The molecule has 0 atom stereocenters. The highest BCUT2D eigenvalue weighted by molar-refractivity contribution is 5.65. The molecule has 0 aliphatic carbocycles. The molecule has 0 amide bonds. The van der Waals surface area contributed by atoms with Crippen LogP contribution in [0.3, 0.4) is 0 Å². The number of carbonyl (C=O) groups is 10. The SMILES string of the molecule is CC(=O)O.CC(=O)O.CC(=O)O.CC(=O)O.CC(=O)O.CC(=O)O.CC(=O)O.CC(=O)O.CC(=O)O.CC(=O)O.NCCNCCN.NCCNCCN. The van der Waals surface area contributed by atoms with Crippen LogP contribution in [-0.2, 0) is 47.9 Å². The van der Waals surface area contributed by atoms with Crippen molar-refractivity contribution in [3.8, 4) is 0 Å². The van der Waals surface area contributed by atoms with Gasteiger partial charge in [-0.1, -0.05) is 0 Å². The van der Waals surface area contributed by atoms with E-state index in [2.05, 4.69) is 10.6 Å². The van der Waals surface area contributed by atoms with Crippen LogP contribution in [0.25, 0.3) is 0 Å². The Morgan fingerprint density at radius 3 is 0.370 bits per heavy atom. The molecule has 0 aromatic carbocycles. The summed E-state index contributed by atoms with van der Waals surface area (Å²) in [5.41, 5.74) is 20.7. The third-order valence-corrected chi connectivity index (χ3v) is 1.28. The van der Waals surface area contributed by atoms with E-state index in [-0.39, 0.29) is 0 Å². The summed E-state index contributed by atoms with van der Waals surface area (Å²) in [6.45, 7) is 17.1. The first kappa shape index (κ1) is 82.1. The summed E-state index contributed by atoms with van der Waals surface area (Å²) in [6, 6.07) is 0. The van der Waals surface area contributed by atoms with E-state index in [1.807, 2.05) is 0 Å². The minimum Gasteiger partial charge on any atom is -0.481 e. The third-order valence-electron chi connectivity index (χ3n) is 1.28. The lowest BCUT2D eigenvalue weighted by atomic mass is 10.6. The summed E-state index contributed by atoms with van der Waals surface area (Å²) in [5.74, 6) is -8.33. The maximum absolute atomic E-state index is 9.00. The normalized spacial score (nSPS) is 7.07. The molecule has 26 heteroatoms. The second-order valence-corrected chi connectivity index (χ2v) is 7.84. The molecule has 0 spiro atoms. The number of aliphatic carboxylic acids is 10. The molecule has 0 heterocycles. The first-order valence-corrected chi connectivity index (χ1v) is 14.3. The summed E-state index contributed by atoms with van der Waals surface area (Å²) >= 11 is 0. The van der Waals surface area contributed by atoms with Crippen LogP contribution in [0.4, 0.5) is 0 Å². The fourth-order valence-electron chi connectivity index (χ4n) is 0.658. The lowest BCUT2D eigenvalue weighted by molar-refractivity contribution is -0.135. The molecule has 0 saturated heterocycles. The van der Waals surface area contributed by atoms with Crippen LogP contribution in [0.2, 0.25) is 0 Å². The summed E-state index contributed by atoms with van der Waals surface area (Å²) in [7, 11) is 0. The van der Waals surface area contributed by atoms with E-state index < -0.39 is 59.7 Å². The van der Waals surface area contributed by atoms with E-state index in [0.717, 1.165) is 95.4 Å². The third kappa shape index (κ3) is 15900. The maximum Gasteiger partial charge on any atom is 0.300 e. The summed E-state index contributed by atoms with van der Waals surface area (Å²) in [6.07, 6.45) is 0. The predicted octanol–water partition coefficient (Wildman–Crippen LogP) is -2.10. The van der Waals surface area contributed by atoms with Crippen molar-refractivity contribution in [2.24, 2.45) is 22.9 Å². The molecular weight excluding hydrogens is 740 g/mol. The van der Waals surface area contributed by atoms with Crippen molar-refractivity contribution in [2.45, 2.75) is 69.2 Å². The van der Waals surface area contributed by atoms with Crippen LogP contribution in [0.15, 0.2) is 0 Å². The van der Waals surface area contributed by atoms with Crippen molar-refractivity contribution < 1.29 is 99.0 Å². The minimum atomic E-state index is -0.833. The molecule has 0 bridgehead atoms. The number of hydrogen-bond acceptors (Lipinski definition) is 16. The van der Waals surface area contributed by atoms with Crippen molar-refractivity contribution in [2.75, 3.05) is 52.4 Å². The van der Waals surface area contributed by atoms with E-state index in [1.165, 1.54) is 0 Å². The average Bonchev–Trinajstić information content (AvgIpc) is 2.86. The highest BCUT2D eigenvalue weighted by Gasteiger charge is 1.77. The summed E-state index contributed by atoms with van der Waals surface area (Å²) < 4.78 is 0.